The highest BCUT2D eigenvalue weighted by molar-refractivity contribution is 5.79. The zero-order valence-corrected chi connectivity index (χ0v) is 10.9. The maximum atomic E-state index is 11.5. The Bertz CT molecular complexity index is 280. The lowest BCUT2D eigenvalue weighted by Gasteiger charge is -2.26. The van der Waals surface area contributed by atoms with Gasteiger partial charge in [-0.25, -0.2) is 0 Å². The molecule has 1 rings (SSSR count). The van der Waals surface area contributed by atoms with Crippen LogP contribution in [-0.4, -0.2) is 37.0 Å². The fraction of sp³-hybridized carbons (Fsp3) is 0.833. The highest BCUT2D eigenvalue weighted by Crippen LogP contribution is 2.07. The van der Waals surface area contributed by atoms with Crippen LogP contribution in [0.5, 0.6) is 0 Å². The molecule has 17 heavy (non-hydrogen) atoms. The van der Waals surface area contributed by atoms with Crippen molar-refractivity contribution in [3.63, 3.8) is 0 Å². The average Bonchev–Trinajstić information content (AvgIpc) is 2.08. The molecule has 3 N–H and O–H groups in total. The van der Waals surface area contributed by atoms with Gasteiger partial charge in [-0.15, -0.1) is 0 Å². The van der Waals surface area contributed by atoms with Crippen LogP contribution in [0.4, 0.5) is 0 Å². The molecule has 0 aromatic carbocycles. The maximum absolute atomic E-state index is 11.5. The van der Waals surface area contributed by atoms with Gasteiger partial charge in [-0.1, -0.05) is 0 Å². The summed E-state index contributed by atoms with van der Waals surface area (Å²) in [6, 6.07) is 0. The molecule has 1 saturated heterocycles. The highest BCUT2D eigenvalue weighted by Gasteiger charge is 2.20. The zero-order chi connectivity index (χ0) is 12.9. The molecule has 1 aliphatic heterocycles. The molecule has 5 heteroatoms. The van der Waals surface area contributed by atoms with E-state index in [2.05, 4.69) is 16.0 Å². The van der Waals surface area contributed by atoms with Gasteiger partial charge in [0.15, 0.2) is 0 Å². The lowest BCUT2D eigenvalue weighted by Crippen LogP contribution is -2.45. The zero-order valence-electron chi connectivity index (χ0n) is 10.9. The van der Waals surface area contributed by atoms with E-state index in [9.17, 15) is 9.59 Å². The molecule has 2 amide bonds. The molecule has 0 aromatic heterocycles. The molecule has 0 unspecified atom stereocenters. The summed E-state index contributed by atoms with van der Waals surface area (Å²) in [7, 11) is 0. The molecule has 0 radical (unpaired) electrons. The standard InChI is InChI=1S/C12H23N3O2/c1-12(2,3)15-10(16)4-5-14-11(17)6-9-7-13-8-9/h9,13H,4-8H2,1-3H3,(H,14,17)(H,15,16). The minimum Gasteiger partial charge on any atom is -0.356 e. The second-order valence-electron chi connectivity index (χ2n) is 5.63. The second-order valence-corrected chi connectivity index (χ2v) is 5.63. The van der Waals surface area contributed by atoms with Gasteiger partial charge >= 0.3 is 0 Å². The van der Waals surface area contributed by atoms with Crippen LogP contribution < -0.4 is 16.0 Å². The first-order chi connectivity index (χ1) is 7.87. The quantitative estimate of drug-likeness (QED) is 0.635. The second kappa shape index (κ2) is 6.00. The molecule has 0 bridgehead atoms. The highest BCUT2D eigenvalue weighted by atomic mass is 16.2. The number of nitrogens with one attached hydrogen (secondary N) is 3. The van der Waals surface area contributed by atoms with Crippen molar-refractivity contribution >= 4 is 11.8 Å². The molecule has 0 aromatic rings. The van der Waals surface area contributed by atoms with Gasteiger partial charge in [0.25, 0.3) is 0 Å². The van der Waals surface area contributed by atoms with Gasteiger partial charge < -0.3 is 16.0 Å². The van der Waals surface area contributed by atoms with Crippen molar-refractivity contribution in [1.82, 2.24) is 16.0 Å². The molecule has 1 fully saturated rings. The smallest absolute Gasteiger partial charge is 0.222 e. The maximum Gasteiger partial charge on any atom is 0.222 e. The number of carbonyl (C=O) groups excluding carboxylic acids is 2. The Balaban J connectivity index is 2.06. The van der Waals surface area contributed by atoms with Crippen LogP contribution in [0.3, 0.4) is 0 Å². The monoisotopic (exact) mass is 241 g/mol. The summed E-state index contributed by atoms with van der Waals surface area (Å²) in [6.07, 6.45) is 0.903. The number of hydrogen-bond acceptors (Lipinski definition) is 3. The van der Waals surface area contributed by atoms with E-state index in [1.165, 1.54) is 0 Å². The van der Waals surface area contributed by atoms with E-state index in [1.54, 1.807) is 0 Å². The van der Waals surface area contributed by atoms with Gasteiger partial charge in [-0.05, 0) is 39.8 Å². The van der Waals surface area contributed by atoms with E-state index in [4.69, 9.17) is 0 Å². The molecule has 0 spiro atoms. The first-order valence-corrected chi connectivity index (χ1v) is 6.15. The minimum atomic E-state index is -0.210. The van der Waals surface area contributed by atoms with E-state index in [0.717, 1.165) is 13.1 Å². The molecule has 98 valence electrons. The van der Waals surface area contributed by atoms with Crippen molar-refractivity contribution in [3.8, 4) is 0 Å². The minimum absolute atomic E-state index is 0.0249. The lowest BCUT2D eigenvalue weighted by molar-refractivity contribution is -0.123. The number of amides is 2. The predicted molar refractivity (Wildman–Crippen MR) is 66.5 cm³/mol. The van der Waals surface area contributed by atoms with Crippen molar-refractivity contribution in [2.75, 3.05) is 19.6 Å². The van der Waals surface area contributed by atoms with Gasteiger partial charge in [-0.3, -0.25) is 9.59 Å². The SMILES string of the molecule is CC(C)(C)NC(=O)CCNC(=O)CC1CNC1. The Morgan fingerprint density at radius 2 is 1.88 bits per heavy atom. The lowest BCUT2D eigenvalue weighted by atomic mass is 9.99. The molecule has 0 saturated carbocycles. The van der Waals surface area contributed by atoms with Gasteiger partial charge in [0.1, 0.15) is 0 Å². The molecule has 1 heterocycles. The summed E-state index contributed by atoms with van der Waals surface area (Å²) >= 11 is 0. The fourth-order valence-electron chi connectivity index (χ4n) is 1.62. The fourth-order valence-corrected chi connectivity index (χ4v) is 1.62. The van der Waals surface area contributed by atoms with E-state index >= 15 is 0 Å². The van der Waals surface area contributed by atoms with Crippen molar-refractivity contribution in [1.29, 1.82) is 0 Å². The van der Waals surface area contributed by atoms with Gasteiger partial charge in [0.05, 0.1) is 0 Å². The molecule has 1 aliphatic rings. The number of rotatable bonds is 5. The molecule has 0 atom stereocenters. The topological polar surface area (TPSA) is 70.2 Å². The van der Waals surface area contributed by atoms with Crippen LogP contribution in [0.1, 0.15) is 33.6 Å². The summed E-state index contributed by atoms with van der Waals surface area (Å²) in [5.74, 6) is 0.488. The molecular weight excluding hydrogens is 218 g/mol. The van der Waals surface area contributed by atoms with Gasteiger partial charge in [0.2, 0.25) is 11.8 Å². The Hall–Kier alpha value is -1.10. The summed E-state index contributed by atoms with van der Waals surface area (Å²) in [5, 5.41) is 8.75. The predicted octanol–water partition coefficient (Wildman–Crippen LogP) is 0.0169. The normalized spacial score (nSPS) is 16.2. The van der Waals surface area contributed by atoms with Crippen molar-refractivity contribution in [2.45, 2.75) is 39.2 Å². The number of hydrogen-bond donors (Lipinski definition) is 3. The Kier molecular flexibility index (Phi) is 4.93. The van der Waals surface area contributed by atoms with Crippen molar-refractivity contribution < 1.29 is 9.59 Å². The largest absolute Gasteiger partial charge is 0.356 e. The van der Waals surface area contributed by atoms with Crippen LogP contribution in [0.2, 0.25) is 0 Å². The van der Waals surface area contributed by atoms with Crippen LogP contribution in [0.25, 0.3) is 0 Å². The van der Waals surface area contributed by atoms with Crippen LogP contribution >= 0.6 is 0 Å². The average molecular weight is 241 g/mol. The number of carbonyl (C=O) groups is 2. The van der Waals surface area contributed by atoms with Crippen molar-refractivity contribution in [2.24, 2.45) is 5.92 Å². The van der Waals surface area contributed by atoms with E-state index in [1.807, 2.05) is 20.8 Å². The molecular formula is C12H23N3O2. The Labute approximate surface area is 103 Å². The third kappa shape index (κ3) is 6.26. The van der Waals surface area contributed by atoms with E-state index in [-0.39, 0.29) is 17.4 Å². The van der Waals surface area contributed by atoms with Crippen LogP contribution in [0.15, 0.2) is 0 Å². The summed E-state index contributed by atoms with van der Waals surface area (Å²) in [5.41, 5.74) is -0.210. The van der Waals surface area contributed by atoms with Gasteiger partial charge in [0, 0.05) is 24.9 Å². The van der Waals surface area contributed by atoms with Crippen molar-refractivity contribution in [3.05, 3.63) is 0 Å². The third-order valence-electron chi connectivity index (χ3n) is 2.53. The van der Waals surface area contributed by atoms with Crippen LogP contribution in [-0.2, 0) is 9.59 Å². The Morgan fingerprint density at radius 1 is 1.24 bits per heavy atom. The first-order valence-electron chi connectivity index (χ1n) is 6.15. The van der Waals surface area contributed by atoms with Crippen LogP contribution in [0, 0.1) is 5.92 Å². The third-order valence-corrected chi connectivity index (χ3v) is 2.53. The van der Waals surface area contributed by atoms with E-state index < -0.39 is 0 Å². The Morgan fingerprint density at radius 3 is 2.35 bits per heavy atom. The van der Waals surface area contributed by atoms with E-state index in [0.29, 0.717) is 25.3 Å². The summed E-state index contributed by atoms with van der Waals surface area (Å²) in [6.45, 7) is 8.09. The summed E-state index contributed by atoms with van der Waals surface area (Å²) in [4.78, 5) is 22.9. The molecule has 0 aliphatic carbocycles. The van der Waals surface area contributed by atoms with Gasteiger partial charge in [-0.2, -0.15) is 0 Å². The first kappa shape index (κ1) is 14.0. The molecule has 5 nitrogen and oxygen atoms in total. The summed E-state index contributed by atoms with van der Waals surface area (Å²) < 4.78 is 0.